The zero-order valence-electron chi connectivity index (χ0n) is 8.85. The summed E-state index contributed by atoms with van der Waals surface area (Å²) in [5, 5.41) is 21.7. The predicted molar refractivity (Wildman–Crippen MR) is 58.7 cm³/mol. The van der Waals surface area contributed by atoms with Crippen molar-refractivity contribution < 1.29 is 0 Å². The Kier molecular flexibility index (Phi) is 2.34. The van der Waals surface area contributed by atoms with Crippen LogP contribution >= 0.6 is 0 Å². The first-order valence-corrected chi connectivity index (χ1v) is 5.10. The second kappa shape index (κ2) is 4.12. The van der Waals surface area contributed by atoms with Crippen LogP contribution in [0.2, 0.25) is 0 Å². The summed E-state index contributed by atoms with van der Waals surface area (Å²) in [6.07, 6.45) is 1.85. The average Bonchev–Trinajstić information content (AvgIpc) is 3.02. The molecule has 0 unspecified atom stereocenters. The number of benzene rings is 1. The Morgan fingerprint density at radius 3 is 2.76 bits per heavy atom. The topological polar surface area (TPSA) is 85.2 Å². The quantitative estimate of drug-likeness (QED) is 0.704. The van der Waals surface area contributed by atoms with Crippen LogP contribution in [-0.2, 0) is 6.54 Å². The van der Waals surface area contributed by atoms with Crippen molar-refractivity contribution in [3.05, 3.63) is 42.4 Å². The van der Waals surface area contributed by atoms with Crippen LogP contribution in [0.1, 0.15) is 5.82 Å². The summed E-state index contributed by atoms with van der Waals surface area (Å²) in [4.78, 5) is 0. The van der Waals surface area contributed by atoms with Gasteiger partial charge in [0.05, 0.1) is 6.20 Å². The summed E-state index contributed by atoms with van der Waals surface area (Å²) < 4.78 is 1.67. The number of aromatic nitrogens is 7. The number of hydrogen-bond acceptors (Lipinski definition) is 5. The molecule has 3 aromatic rings. The standard InChI is InChI=1S/C10H9N7/c1-2-4-8(5-3-1)9-6-17(16-11-9)7-10-12-14-15-13-10/h1-6H,7H2,(H,12,13,14,15). The molecule has 0 aliphatic carbocycles. The maximum Gasteiger partial charge on any atom is 0.195 e. The lowest BCUT2D eigenvalue weighted by molar-refractivity contribution is 0.625. The maximum absolute atomic E-state index is 4.09. The second-order valence-electron chi connectivity index (χ2n) is 3.50. The summed E-state index contributed by atoms with van der Waals surface area (Å²) in [7, 11) is 0. The molecule has 2 heterocycles. The normalized spacial score (nSPS) is 10.6. The van der Waals surface area contributed by atoms with E-state index in [2.05, 4.69) is 30.9 Å². The third-order valence-electron chi connectivity index (χ3n) is 2.30. The summed E-state index contributed by atoms with van der Waals surface area (Å²) in [5.74, 6) is 0.578. The van der Waals surface area contributed by atoms with Gasteiger partial charge in [-0.2, -0.15) is 5.21 Å². The molecule has 0 amide bonds. The zero-order chi connectivity index (χ0) is 11.5. The van der Waals surface area contributed by atoms with Gasteiger partial charge in [0.15, 0.2) is 5.82 Å². The van der Waals surface area contributed by atoms with Gasteiger partial charge in [0, 0.05) is 5.56 Å². The van der Waals surface area contributed by atoms with Gasteiger partial charge in [0.1, 0.15) is 12.2 Å². The highest BCUT2D eigenvalue weighted by molar-refractivity contribution is 5.57. The molecular formula is C10H9N7. The molecule has 0 saturated carbocycles. The van der Waals surface area contributed by atoms with Crippen LogP contribution in [0.5, 0.6) is 0 Å². The number of H-pyrrole nitrogens is 1. The highest BCUT2D eigenvalue weighted by Gasteiger charge is 2.05. The molecule has 0 bridgehead atoms. The van der Waals surface area contributed by atoms with Gasteiger partial charge in [-0.3, -0.25) is 0 Å². The zero-order valence-corrected chi connectivity index (χ0v) is 8.85. The van der Waals surface area contributed by atoms with Crippen LogP contribution in [-0.4, -0.2) is 35.6 Å². The van der Waals surface area contributed by atoms with Gasteiger partial charge in [-0.1, -0.05) is 40.8 Å². The van der Waals surface area contributed by atoms with E-state index in [1.54, 1.807) is 4.68 Å². The first kappa shape index (κ1) is 9.64. The molecule has 0 aliphatic heterocycles. The molecule has 7 heteroatoms. The maximum atomic E-state index is 4.09. The fourth-order valence-corrected chi connectivity index (χ4v) is 1.51. The smallest absolute Gasteiger partial charge is 0.195 e. The van der Waals surface area contributed by atoms with E-state index in [0.29, 0.717) is 12.4 Å². The lowest BCUT2D eigenvalue weighted by atomic mass is 10.2. The summed E-state index contributed by atoms with van der Waals surface area (Å²) in [5.41, 5.74) is 1.86. The fourth-order valence-electron chi connectivity index (χ4n) is 1.51. The van der Waals surface area contributed by atoms with Crippen LogP contribution in [0.3, 0.4) is 0 Å². The molecule has 0 spiro atoms. The van der Waals surface area contributed by atoms with Gasteiger partial charge >= 0.3 is 0 Å². The van der Waals surface area contributed by atoms with Crippen LogP contribution in [0.15, 0.2) is 36.5 Å². The van der Waals surface area contributed by atoms with Crippen LogP contribution in [0.25, 0.3) is 11.3 Å². The van der Waals surface area contributed by atoms with E-state index in [1.807, 2.05) is 36.5 Å². The Balaban J connectivity index is 1.84. The molecule has 2 aromatic heterocycles. The van der Waals surface area contributed by atoms with Crippen molar-refractivity contribution >= 4 is 0 Å². The van der Waals surface area contributed by atoms with Crippen molar-refractivity contribution in [1.29, 1.82) is 0 Å². The molecule has 1 aromatic carbocycles. The van der Waals surface area contributed by atoms with Crippen molar-refractivity contribution in [2.24, 2.45) is 0 Å². The van der Waals surface area contributed by atoms with E-state index in [0.717, 1.165) is 11.3 Å². The Hall–Kier alpha value is -2.57. The number of nitrogens with zero attached hydrogens (tertiary/aromatic N) is 6. The van der Waals surface area contributed by atoms with Crippen molar-refractivity contribution in [2.75, 3.05) is 0 Å². The molecule has 0 radical (unpaired) electrons. The van der Waals surface area contributed by atoms with E-state index < -0.39 is 0 Å². The number of hydrogen-bond donors (Lipinski definition) is 1. The molecule has 0 atom stereocenters. The van der Waals surface area contributed by atoms with Gasteiger partial charge in [-0.05, 0) is 0 Å². The van der Waals surface area contributed by atoms with Gasteiger partial charge in [0.2, 0.25) is 0 Å². The first-order valence-electron chi connectivity index (χ1n) is 5.10. The van der Waals surface area contributed by atoms with Gasteiger partial charge < -0.3 is 0 Å². The van der Waals surface area contributed by atoms with Crippen molar-refractivity contribution in [3.8, 4) is 11.3 Å². The van der Waals surface area contributed by atoms with Gasteiger partial charge in [-0.15, -0.1) is 15.3 Å². The Labute approximate surface area is 96.5 Å². The minimum Gasteiger partial charge on any atom is -0.244 e. The minimum atomic E-state index is 0.455. The minimum absolute atomic E-state index is 0.455. The van der Waals surface area contributed by atoms with Crippen molar-refractivity contribution in [1.82, 2.24) is 35.6 Å². The monoisotopic (exact) mass is 227 g/mol. The Morgan fingerprint density at radius 1 is 1.12 bits per heavy atom. The van der Waals surface area contributed by atoms with Gasteiger partial charge in [-0.25, -0.2) is 4.68 Å². The molecule has 84 valence electrons. The third-order valence-corrected chi connectivity index (χ3v) is 2.30. The molecular weight excluding hydrogens is 218 g/mol. The van der Waals surface area contributed by atoms with E-state index >= 15 is 0 Å². The third kappa shape index (κ3) is 2.03. The van der Waals surface area contributed by atoms with Crippen LogP contribution in [0, 0.1) is 0 Å². The second-order valence-corrected chi connectivity index (χ2v) is 3.50. The summed E-state index contributed by atoms with van der Waals surface area (Å²) in [6, 6.07) is 9.87. The van der Waals surface area contributed by atoms with Crippen molar-refractivity contribution in [3.63, 3.8) is 0 Å². The summed E-state index contributed by atoms with van der Waals surface area (Å²) >= 11 is 0. The largest absolute Gasteiger partial charge is 0.244 e. The van der Waals surface area contributed by atoms with E-state index in [1.165, 1.54) is 0 Å². The number of nitrogens with one attached hydrogen (secondary N) is 1. The SMILES string of the molecule is c1ccc(-c2cn(Cc3nn[nH]n3)nn2)cc1. The molecule has 7 nitrogen and oxygen atoms in total. The molecule has 0 saturated heterocycles. The lowest BCUT2D eigenvalue weighted by Gasteiger charge is -1.93. The highest BCUT2D eigenvalue weighted by Crippen LogP contribution is 2.14. The van der Waals surface area contributed by atoms with E-state index in [9.17, 15) is 0 Å². The Bertz CT molecular complexity index is 584. The van der Waals surface area contributed by atoms with Crippen molar-refractivity contribution in [2.45, 2.75) is 6.54 Å². The average molecular weight is 227 g/mol. The predicted octanol–water partition coefficient (Wildman–Crippen LogP) is 0.506. The van der Waals surface area contributed by atoms with Crippen LogP contribution in [0.4, 0.5) is 0 Å². The van der Waals surface area contributed by atoms with Crippen LogP contribution < -0.4 is 0 Å². The fraction of sp³-hybridized carbons (Fsp3) is 0.100. The Morgan fingerprint density at radius 2 is 2.00 bits per heavy atom. The number of tetrazole rings is 1. The highest BCUT2D eigenvalue weighted by atomic mass is 15.5. The lowest BCUT2D eigenvalue weighted by Crippen LogP contribution is -2.02. The molecule has 1 N–H and O–H groups in total. The van der Waals surface area contributed by atoms with E-state index in [-0.39, 0.29) is 0 Å². The van der Waals surface area contributed by atoms with E-state index in [4.69, 9.17) is 0 Å². The molecule has 17 heavy (non-hydrogen) atoms. The number of rotatable bonds is 3. The number of aromatic amines is 1. The molecule has 0 aliphatic rings. The van der Waals surface area contributed by atoms with Gasteiger partial charge in [0.25, 0.3) is 0 Å². The molecule has 3 rings (SSSR count). The summed E-state index contributed by atoms with van der Waals surface area (Å²) in [6.45, 7) is 0.455. The molecule has 0 fully saturated rings. The first-order chi connectivity index (χ1) is 8.42.